The van der Waals surface area contributed by atoms with Gasteiger partial charge in [0.2, 0.25) is 0 Å². The molecule has 0 fully saturated rings. The second-order valence-electron chi connectivity index (χ2n) is 6.80. The van der Waals surface area contributed by atoms with Crippen LogP contribution in [-0.4, -0.2) is 21.4 Å². The molecule has 0 bridgehead atoms. The van der Waals surface area contributed by atoms with Gasteiger partial charge in [-0.05, 0) is 72.6 Å². The maximum Gasteiger partial charge on any atom is 0.261 e. The maximum absolute atomic E-state index is 12.6. The molecule has 0 saturated heterocycles. The molecule has 7 nitrogen and oxygen atoms in total. The predicted octanol–water partition coefficient (Wildman–Crippen LogP) is 4.12. The third kappa shape index (κ3) is 5.41. The minimum absolute atomic E-state index is 0.106. The number of nitrogens with zero attached hydrogens (tertiary/aromatic N) is 1. The number of ether oxygens (including phenoxy) is 1. The van der Waals surface area contributed by atoms with Crippen molar-refractivity contribution < 1.29 is 17.9 Å². The number of hydrogen-bond acceptors (Lipinski definition) is 5. The van der Waals surface area contributed by atoms with Gasteiger partial charge in [-0.3, -0.25) is 9.52 Å². The summed E-state index contributed by atoms with van der Waals surface area (Å²) in [6, 6.07) is 19.9. The highest BCUT2D eigenvalue weighted by Gasteiger charge is 2.16. The number of benzene rings is 3. The number of amides is 1. The molecule has 0 spiro atoms. The lowest BCUT2D eigenvalue weighted by atomic mass is 10.1. The van der Waals surface area contributed by atoms with Gasteiger partial charge in [0.1, 0.15) is 5.75 Å². The Bertz CT molecular complexity index is 1230. The highest BCUT2D eigenvalue weighted by atomic mass is 32.2. The van der Waals surface area contributed by atoms with Crippen molar-refractivity contribution in [3.8, 4) is 11.8 Å². The molecule has 0 aromatic heterocycles. The Kier molecular flexibility index (Phi) is 6.58. The minimum atomic E-state index is -3.78. The molecule has 0 atom stereocenters. The van der Waals surface area contributed by atoms with Crippen LogP contribution < -0.4 is 14.8 Å². The first kappa shape index (κ1) is 21.9. The monoisotopic (exact) mass is 435 g/mol. The molecule has 3 aromatic rings. The summed E-state index contributed by atoms with van der Waals surface area (Å²) in [7, 11) is -2.27. The Hall–Kier alpha value is -3.83. The summed E-state index contributed by atoms with van der Waals surface area (Å²) < 4.78 is 32.9. The van der Waals surface area contributed by atoms with Gasteiger partial charge in [-0.2, -0.15) is 5.26 Å². The lowest BCUT2D eigenvalue weighted by molar-refractivity contribution is 0.102. The van der Waals surface area contributed by atoms with Gasteiger partial charge >= 0.3 is 0 Å². The van der Waals surface area contributed by atoms with Crippen LogP contribution >= 0.6 is 0 Å². The van der Waals surface area contributed by atoms with Crippen LogP contribution in [0.5, 0.6) is 5.75 Å². The van der Waals surface area contributed by atoms with Crippen molar-refractivity contribution in [2.24, 2.45) is 0 Å². The van der Waals surface area contributed by atoms with Gasteiger partial charge in [-0.1, -0.05) is 12.1 Å². The quantitative estimate of drug-likeness (QED) is 0.580. The van der Waals surface area contributed by atoms with Gasteiger partial charge in [0.15, 0.2) is 0 Å². The van der Waals surface area contributed by atoms with Crippen LogP contribution in [-0.2, 0) is 16.4 Å². The first-order chi connectivity index (χ1) is 14.8. The molecule has 0 heterocycles. The van der Waals surface area contributed by atoms with Crippen molar-refractivity contribution in [3.05, 3.63) is 83.4 Å². The van der Waals surface area contributed by atoms with E-state index in [1.807, 2.05) is 0 Å². The number of rotatable bonds is 7. The number of hydrogen-bond donors (Lipinski definition) is 2. The van der Waals surface area contributed by atoms with Gasteiger partial charge < -0.3 is 10.1 Å². The molecule has 0 unspecified atom stereocenters. The van der Waals surface area contributed by atoms with E-state index in [9.17, 15) is 13.2 Å². The van der Waals surface area contributed by atoms with Crippen molar-refractivity contribution in [1.82, 2.24) is 0 Å². The first-order valence-corrected chi connectivity index (χ1v) is 10.9. The standard InChI is InChI=1S/C23H21N3O4S/c1-16-15-18(23(27)25-19-6-3-17(4-7-19)13-14-24)5-12-22(16)26-31(28,29)21-10-8-20(30-2)9-11-21/h3-12,15,26H,13H2,1-2H3,(H,25,27). The topological polar surface area (TPSA) is 108 Å². The van der Waals surface area contributed by atoms with Crippen LogP contribution in [0.4, 0.5) is 11.4 Å². The zero-order valence-corrected chi connectivity index (χ0v) is 17.9. The van der Waals surface area contributed by atoms with E-state index in [1.54, 1.807) is 61.5 Å². The van der Waals surface area contributed by atoms with Crippen LogP contribution in [0.2, 0.25) is 0 Å². The zero-order chi connectivity index (χ0) is 22.4. The fourth-order valence-corrected chi connectivity index (χ4v) is 4.01. The van der Waals surface area contributed by atoms with Crippen molar-refractivity contribution >= 4 is 27.3 Å². The van der Waals surface area contributed by atoms with Gasteiger partial charge in [0.05, 0.1) is 30.2 Å². The van der Waals surface area contributed by atoms with Crippen LogP contribution in [0.1, 0.15) is 21.5 Å². The fraction of sp³-hybridized carbons (Fsp3) is 0.130. The molecular weight excluding hydrogens is 414 g/mol. The van der Waals surface area contributed by atoms with Crippen molar-refractivity contribution in [2.75, 3.05) is 17.1 Å². The molecular formula is C23H21N3O4S. The number of nitriles is 1. The van der Waals surface area contributed by atoms with E-state index < -0.39 is 10.0 Å². The number of methoxy groups -OCH3 is 1. The summed E-state index contributed by atoms with van der Waals surface area (Å²) in [5.74, 6) is 0.242. The molecule has 0 aliphatic heterocycles. The minimum Gasteiger partial charge on any atom is -0.497 e. The Morgan fingerprint density at radius 2 is 1.71 bits per heavy atom. The van der Waals surface area contributed by atoms with Gasteiger partial charge in [0, 0.05) is 11.3 Å². The predicted molar refractivity (Wildman–Crippen MR) is 119 cm³/mol. The second-order valence-corrected chi connectivity index (χ2v) is 8.48. The van der Waals surface area contributed by atoms with E-state index in [2.05, 4.69) is 16.1 Å². The Morgan fingerprint density at radius 3 is 2.29 bits per heavy atom. The fourth-order valence-electron chi connectivity index (χ4n) is 2.88. The third-order valence-electron chi connectivity index (χ3n) is 4.60. The van der Waals surface area contributed by atoms with E-state index in [0.717, 1.165) is 5.56 Å². The van der Waals surface area contributed by atoms with Crippen LogP contribution in [0, 0.1) is 18.3 Å². The normalized spacial score (nSPS) is 10.7. The SMILES string of the molecule is COc1ccc(S(=O)(=O)Nc2ccc(C(=O)Nc3ccc(CC#N)cc3)cc2C)cc1. The smallest absolute Gasteiger partial charge is 0.261 e. The van der Waals surface area contributed by atoms with Gasteiger partial charge in [-0.15, -0.1) is 0 Å². The van der Waals surface area contributed by atoms with Gasteiger partial charge in [-0.25, -0.2) is 8.42 Å². The molecule has 8 heteroatoms. The number of sulfonamides is 1. The highest BCUT2D eigenvalue weighted by Crippen LogP contribution is 2.23. The van der Waals surface area contributed by atoms with Crippen LogP contribution in [0.15, 0.2) is 71.6 Å². The number of nitrogens with one attached hydrogen (secondary N) is 2. The molecule has 3 aromatic carbocycles. The summed E-state index contributed by atoms with van der Waals surface area (Å²) in [6.45, 7) is 1.72. The lowest BCUT2D eigenvalue weighted by Gasteiger charge is -2.12. The van der Waals surface area contributed by atoms with Crippen molar-refractivity contribution in [1.29, 1.82) is 5.26 Å². The van der Waals surface area contributed by atoms with Crippen molar-refractivity contribution in [3.63, 3.8) is 0 Å². The summed E-state index contributed by atoms with van der Waals surface area (Å²) in [5.41, 5.74) is 2.85. The summed E-state index contributed by atoms with van der Waals surface area (Å²) >= 11 is 0. The molecule has 31 heavy (non-hydrogen) atoms. The second kappa shape index (κ2) is 9.32. The lowest BCUT2D eigenvalue weighted by Crippen LogP contribution is -2.15. The van der Waals surface area contributed by atoms with E-state index in [-0.39, 0.29) is 10.8 Å². The van der Waals surface area contributed by atoms with Crippen LogP contribution in [0.3, 0.4) is 0 Å². The highest BCUT2D eigenvalue weighted by molar-refractivity contribution is 7.92. The molecule has 3 rings (SSSR count). The Morgan fingerprint density at radius 1 is 1.03 bits per heavy atom. The maximum atomic E-state index is 12.6. The van der Waals surface area contributed by atoms with Crippen LogP contribution in [0.25, 0.3) is 0 Å². The zero-order valence-electron chi connectivity index (χ0n) is 17.0. The molecule has 0 aliphatic carbocycles. The number of aryl methyl sites for hydroxylation is 1. The molecule has 0 aliphatic rings. The molecule has 2 N–H and O–H groups in total. The number of carbonyl (C=O) groups excluding carboxylic acids is 1. The molecule has 0 saturated carbocycles. The third-order valence-corrected chi connectivity index (χ3v) is 5.98. The molecule has 1 amide bonds. The van der Waals surface area contributed by atoms with E-state index in [0.29, 0.717) is 34.7 Å². The molecule has 0 radical (unpaired) electrons. The Labute approximate surface area is 181 Å². The van der Waals surface area contributed by atoms with E-state index in [4.69, 9.17) is 10.00 Å². The van der Waals surface area contributed by atoms with Crippen molar-refractivity contribution in [2.45, 2.75) is 18.2 Å². The van der Waals surface area contributed by atoms with E-state index in [1.165, 1.54) is 19.2 Å². The summed E-state index contributed by atoms with van der Waals surface area (Å²) in [4.78, 5) is 12.6. The Balaban J connectivity index is 1.72. The van der Waals surface area contributed by atoms with E-state index >= 15 is 0 Å². The summed E-state index contributed by atoms with van der Waals surface area (Å²) in [6.07, 6.45) is 0.307. The first-order valence-electron chi connectivity index (χ1n) is 9.37. The largest absolute Gasteiger partial charge is 0.497 e. The average molecular weight is 436 g/mol. The average Bonchev–Trinajstić information content (AvgIpc) is 2.76. The summed E-state index contributed by atoms with van der Waals surface area (Å²) in [5, 5.41) is 11.5. The van der Waals surface area contributed by atoms with Gasteiger partial charge in [0.25, 0.3) is 15.9 Å². The number of carbonyl (C=O) groups is 1. The number of anilines is 2. The molecule has 158 valence electrons.